The average Bonchev–Trinajstić information content (AvgIpc) is 3.34. The second kappa shape index (κ2) is 14.7. The largest absolute Gasteiger partial charge is 0.507 e. The number of aliphatic hydroxyl groups is 2. The number of hydrogen-bond donors (Lipinski definition) is 9. The Morgan fingerprint density at radius 2 is 1.80 bits per heavy atom. The van der Waals surface area contributed by atoms with Crippen molar-refractivity contribution in [3.8, 4) is 16.9 Å². The van der Waals surface area contributed by atoms with Gasteiger partial charge in [0.05, 0.1) is 12.1 Å². The van der Waals surface area contributed by atoms with Crippen molar-refractivity contribution >= 4 is 46.9 Å². The maximum Gasteiger partial charge on any atom is 0.288 e. The minimum Gasteiger partial charge on any atom is -0.507 e. The van der Waals surface area contributed by atoms with Crippen LogP contribution in [-0.4, -0.2) is 80.8 Å². The SMILES string of the molecule is CC=CNC(=O)[C@H]1NC(=O)[C@@H](CC(N)=O)NC(=O)[C@@H](NC(=O)C(=O)[C@H](C)CC)Cc2ccc(O)c(c2)-c2cccc3c2NC(=O)[C@@]3(O)[C@@H]1O. The predicted molar refractivity (Wildman–Crippen MR) is 173 cm³/mol. The number of ketones is 1. The number of nitrogens with two attached hydrogens (primary N) is 1. The van der Waals surface area contributed by atoms with Gasteiger partial charge in [0.15, 0.2) is 5.60 Å². The summed E-state index contributed by atoms with van der Waals surface area (Å²) < 4.78 is 0. The number of primary amides is 1. The highest BCUT2D eigenvalue weighted by atomic mass is 16.4. The van der Waals surface area contributed by atoms with Crippen LogP contribution in [0.25, 0.3) is 11.1 Å². The molecule has 2 aromatic rings. The van der Waals surface area contributed by atoms with Crippen LogP contribution in [0.5, 0.6) is 5.75 Å². The summed E-state index contributed by atoms with van der Waals surface area (Å²) in [7, 11) is 0. The van der Waals surface area contributed by atoms with Crippen LogP contribution in [-0.2, 0) is 45.6 Å². The molecule has 0 aliphatic carbocycles. The van der Waals surface area contributed by atoms with E-state index >= 15 is 0 Å². The van der Waals surface area contributed by atoms with Gasteiger partial charge >= 0.3 is 0 Å². The molecule has 0 spiro atoms. The molecule has 2 heterocycles. The van der Waals surface area contributed by atoms with Gasteiger partial charge < -0.3 is 47.6 Å². The van der Waals surface area contributed by atoms with Gasteiger partial charge in [-0.1, -0.05) is 44.2 Å². The predicted octanol–water partition coefficient (Wildman–Crippen LogP) is -1.29. The molecule has 49 heavy (non-hydrogen) atoms. The molecule has 2 aliphatic rings. The topological polar surface area (TPSA) is 266 Å². The number of rotatable bonds is 8. The minimum absolute atomic E-state index is 0.0270. The summed E-state index contributed by atoms with van der Waals surface area (Å²) in [5.74, 6) is -8.38. The Morgan fingerprint density at radius 1 is 1.08 bits per heavy atom. The molecule has 0 saturated carbocycles. The number of para-hydroxylation sites is 1. The lowest BCUT2D eigenvalue weighted by Crippen LogP contribution is -2.64. The second-order valence-corrected chi connectivity index (χ2v) is 11.9. The van der Waals surface area contributed by atoms with Crippen LogP contribution in [0.3, 0.4) is 0 Å². The lowest BCUT2D eigenvalue weighted by atomic mass is 9.83. The number of fused-ring (bicyclic) bond motifs is 3. The van der Waals surface area contributed by atoms with Gasteiger partial charge in [0.25, 0.3) is 11.8 Å². The number of benzene rings is 2. The van der Waals surface area contributed by atoms with E-state index < -0.39 is 83.4 Å². The van der Waals surface area contributed by atoms with Crippen molar-refractivity contribution in [1.29, 1.82) is 0 Å². The molecule has 2 aliphatic heterocycles. The van der Waals surface area contributed by atoms with Crippen LogP contribution >= 0.6 is 0 Å². The summed E-state index contributed by atoms with van der Waals surface area (Å²) in [4.78, 5) is 91.8. The first-order valence-electron chi connectivity index (χ1n) is 15.5. The van der Waals surface area contributed by atoms with Crippen molar-refractivity contribution in [3.05, 3.63) is 59.8 Å². The van der Waals surface area contributed by atoms with E-state index in [0.29, 0.717) is 12.0 Å². The fourth-order valence-corrected chi connectivity index (χ4v) is 5.58. The number of amides is 6. The number of hydrogen-bond acceptors (Lipinski definition) is 10. The maximum absolute atomic E-state index is 13.7. The molecule has 10 N–H and O–H groups in total. The van der Waals surface area contributed by atoms with Crippen LogP contribution in [0.15, 0.2) is 48.7 Å². The lowest BCUT2D eigenvalue weighted by molar-refractivity contribution is -0.155. The molecule has 6 bridgehead atoms. The van der Waals surface area contributed by atoms with Crippen LogP contribution in [0.1, 0.15) is 44.7 Å². The maximum atomic E-state index is 13.7. The zero-order valence-corrected chi connectivity index (χ0v) is 26.9. The first-order chi connectivity index (χ1) is 23.1. The Balaban J connectivity index is 1.93. The van der Waals surface area contributed by atoms with E-state index in [1.807, 2.05) is 0 Å². The van der Waals surface area contributed by atoms with Crippen molar-refractivity contribution in [1.82, 2.24) is 21.3 Å². The smallest absolute Gasteiger partial charge is 0.288 e. The summed E-state index contributed by atoms with van der Waals surface area (Å²) in [6.07, 6.45) is -0.553. The molecule has 2 aromatic carbocycles. The van der Waals surface area contributed by atoms with E-state index in [0.717, 1.165) is 6.20 Å². The zero-order valence-electron chi connectivity index (χ0n) is 26.9. The standard InChI is InChI=1S/C33H38N6O10/c1-4-11-35-30(46)25-27(43)33(49)19-8-6-7-17(24(19)39-32(33)48)18-12-16(9-10-22(18)40)13-20(37-31(47)26(42)15(3)5-2)28(44)36-21(14-23(34)41)29(45)38-25/h4,6-12,15,20-21,25,27,40,43,49H,5,13-14H2,1-3H3,(H2,34,41)(H,35,46)(H,36,44)(H,37,47)(H,38,45)(H,39,48)/t15-,20+,21-,25+,27-,33+/m1/s1. The Labute approximate surface area is 280 Å². The van der Waals surface area contributed by atoms with Gasteiger partial charge in [-0.25, -0.2) is 0 Å². The highest BCUT2D eigenvalue weighted by Gasteiger charge is 2.56. The van der Waals surface area contributed by atoms with Crippen LogP contribution in [0.4, 0.5) is 5.69 Å². The number of phenolic OH excluding ortho intramolecular Hbond substituents is 1. The minimum atomic E-state index is -2.83. The van der Waals surface area contributed by atoms with E-state index in [2.05, 4.69) is 26.6 Å². The number of aliphatic hydroxyl groups excluding tert-OH is 1. The van der Waals surface area contributed by atoms with Gasteiger partial charge in [0, 0.05) is 29.0 Å². The Morgan fingerprint density at radius 3 is 2.45 bits per heavy atom. The Bertz CT molecular complexity index is 1740. The van der Waals surface area contributed by atoms with Crippen LogP contribution in [0.2, 0.25) is 0 Å². The third-order valence-electron chi connectivity index (χ3n) is 8.51. The number of allylic oxidation sites excluding steroid dienone is 1. The normalized spacial score (nSPS) is 24.3. The lowest BCUT2D eigenvalue weighted by Gasteiger charge is -2.33. The number of phenols is 1. The van der Waals surface area contributed by atoms with Gasteiger partial charge in [-0.15, -0.1) is 0 Å². The molecule has 16 heteroatoms. The van der Waals surface area contributed by atoms with E-state index in [1.165, 1.54) is 49.4 Å². The number of carbonyl (C=O) groups is 7. The molecule has 6 amide bonds. The van der Waals surface area contributed by atoms with Crippen molar-refractivity contribution in [2.45, 2.75) is 69.9 Å². The van der Waals surface area contributed by atoms with Gasteiger partial charge in [0.2, 0.25) is 29.4 Å². The van der Waals surface area contributed by atoms with Crippen LogP contribution in [0, 0.1) is 5.92 Å². The van der Waals surface area contributed by atoms with E-state index in [1.54, 1.807) is 13.8 Å². The fourth-order valence-electron chi connectivity index (χ4n) is 5.58. The number of aromatic hydroxyl groups is 1. The Kier molecular flexibility index (Phi) is 10.8. The molecule has 0 unspecified atom stereocenters. The third kappa shape index (κ3) is 7.29. The van der Waals surface area contributed by atoms with Crippen LogP contribution < -0.4 is 32.3 Å². The summed E-state index contributed by atoms with van der Waals surface area (Å²) in [5, 5.41) is 46.0. The van der Waals surface area contributed by atoms with Crippen molar-refractivity contribution in [3.63, 3.8) is 0 Å². The highest BCUT2D eigenvalue weighted by molar-refractivity contribution is 6.37. The Hall–Kier alpha value is -5.61. The summed E-state index contributed by atoms with van der Waals surface area (Å²) >= 11 is 0. The van der Waals surface area contributed by atoms with Crippen molar-refractivity contribution in [2.24, 2.45) is 11.7 Å². The molecule has 0 saturated heterocycles. The molecule has 0 fully saturated rings. The fraction of sp³-hybridized carbons (Fsp3) is 0.364. The number of nitrogens with one attached hydrogen (secondary N) is 5. The molecular formula is C33H38N6O10. The molecule has 6 atom stereocenters. The average molecular weight is 679 g/mol. The molecule has 16 nitrogen and oxygen atoms in total. The van der Waals surface area contributed by atoms with Gasteiger partial charge in [-0.2, -0.15) is 0 Å². The second-order valence-electron chi connectivity index (χ2n) is 11.9. The van der Waals surface area contributed by atoms with Gasteiger partial charge in [-0.05, 0) is 37.2 Å². The van der Waals surface area contributed by atoms with E-state index in [9.17, 15) is 48.9 Å². The molecule has 4 rings (SSSR count). The van der Waals surface area contributed by atoms with Crippen molar-refractivity contribution < 1.29 is 48.9 Å². The van der Waals surface area contributed by atoms with Crippen molar-refractivity contribution in [2.75, 3.05) is 5.32 Å². The summed E-state index contributed by atoms with van der Waals surface area (Å²) in [5.41, 5.74) is 2.95. The van der Waals surface area contributed by atoms with Gasteiger partial charge in [-0.3, -0.25) is 33.6 Å². The number of anilines is 1. The molecule has 0 aromatic heterocycles. The zero-order chi connectivity index (χ0) is 36.2. The van der Waals surface area contributed by atoms with E-state index in [-0.39, 0.29) is 34.5 Å². The first kappa shape index (κ1) is 36.2. The monoisotopic (exact) mass is 678 g/mol. The van der Waals surface area contributed by atoms with Gasteiger partial charge in [0.1, 0.15) is 30.0 Å². The summed E-state index contributed by atoms with van der Waals surface area (Å²) in [6, 6.07) is 3.02. The molecule has 0 radical (unpaired) electrons. The number of carbonyl (C=O) groups excluding carboxylic acids is 7. The summed E-state index contributed by atoms with van der Waals surface area (Å²) in [6.45, 7) is 4.79. The number of Topliss-reactive ketones (excluding diaryl/α,β-unsaturated/α-hetero) is 1. The first-order valence-corrected chi connectivity index (χ1v) is 15.5. The van der Waals surface area contributed by atoms with E-state index in [4.69, 9.17) is 5.73 Å². The third-order valence-corrected chi connectivity index (χ3v) is 8.51. The highest BCUT2D eigenvalue weighted by Crippen LogP contribution is 2.46. The molecular weight excluding hydrogens is 640 g/mol. The quantitative estimate of drug-likeness (QED) is 0.149. The molecule has 260 valence electrons.